The van der Waals surface area contributed by atoms with Crippen molar-refractivity contribution in [3.8, 4) is 0 Å². The number of nitrogens with one attached hydrogen (secondary N) is 1. The predicted octanol–water partition coefficient (Wildman–Crippen LogP) is 1.86. The van der Waals surface area contributed by atoms with Crippen molar-refractivity contribution in [2.45, 2.75) is 13.0 Å². The van der Waals surface area contributed by atoms with Crippen LogP contribution in [0.5, 0.6) is 0 Å². The summed E-state index contributed by atoms with van der Waals surface area (Å²) >= 11 is 0. The molecule has 0 radical (unpaired) electrons. The molecule has 1 unspecified atom stereocenters. The van der Waals surface area contributed by atoms with Gasteiger partial charge in [-0.15, -0.1) is 0 Å². The number of morpholine rings is 1. The van der Waals surface area contributed by atoms with E-state index in [0.717, 1.165) is 31.1 Å². The lowest BCUT2D eigenvalue weighted by molar-refractivity contribution is 0.0989. The van der Waals surface area contributed by atoms with Crippen LogP contribution in [-0.4, -0.2) is 36.3 Å². The van der Waals surface area contributed by atoms with E-state index in [1.807, 2.05) is 24.3 Å². The van der Waals surface area contributed by atoms with Gasteiger partial charge in [0.2, 0.25) is 5.56 Å². The highest BCUT2D eigenvalue weighted by Gasteiger charge is 2.19. The van der Waals surface area contributed by atoms with E-state index in [9.17, 15) is 9.59 Å². The summed E-state index contributed by atoms with van der Waals surface area (Å²) in [5, 5.41) is 2.85. The molecule has 1 fully saturated rings. The highest BCUT2D eigenvalue weighted by molar-refractivity contribution is 6.04. The minimum atomic E-state index is -0.238. The Bertz CT molecular complexity index is 783. The van der Waals surface area contributed by atoms with Gasteiger partial charge in [-0.2, -0.15) is 0 Å². The van der Waals surface area contributed by atoms with E-state index in [4.69, 9.17) is 4.74 Å². The van der Waals surface area contributed by atoms with Crippen LogP contribution in [-0.2, 0) is 11.8 Å². The largest absolute Gasteiger partial charge is 0.377 e. The van der Waals surface area contributed by atoms with Crippen LogP contribution >= 0.6 is 0 Å². The molecule has 1 saturated heterocycles. The third-order valence-corrected chi connectivity index (χ3v) is 4.17. The van der Waals surface area contributed by atoms with Gasteiger partial charge in [0.15, 0.2) is 0 Å². The molecule has 1 aromatic carbocycles. The second kappa shape index (κ2) is 6.88. The van der Waals surface area contributed by atoms with Crippen LogP contribution in [0.1, 0.15) is 17.3 Å². The molecular weight excluding hydrogens is 306 g/mol. The van der Waals surface area contributed by atoms with Crippen LogP contribution in [0.15, 0.2) is 47.4 Å². The van der Waals surface area contributed by atoms with E-state index in [1.54, 1.807) is 7.05 Å². The molecule has 0 saturated carbocycles. The van der Waals surface area contributed by atoms with Crippen molar-refractivity contribution in [2.24, 2.45) is 7.05 Å². The van der Waals surface area contributed by atoms with Gasteiger partial charge in [-0.1, -0.05) is 0 Å². The average molecular weight is 327 g/mol. The van der Waals surface area contributed by atoms with Crippen molar-refractivity contribution in [3.05, 3.63) is 58.5 Å². The number of amides is 1. The van der Waals surface area contributed by atoms with E-state index in [2.05, 4.69) is 17.1 Å². The van der Waals surface area contributed by atoms with Gasteiger partial charge in [0.1, 0.15) is 0 Å². The van der Waals surface area contributed by atoms with Crippen molar-refractivity contribution < 1.29 is 9.53 Å². The SMILES string of the molecule is CC1COCCN1c1ccc(NC(=O)c2ccc(=O)n(C)c2)cc1. The van der Waals surface area contributed by atoms with Crippen LogP contribution in [0.25, 0.3) is 0 Å². The number of carbonyl (C=O) groups excluding carboxylic acids is 1. The monoisotopic (exact) mass is 327 g/mol. The van der Waals surface area contributed by atoms with Crippen molar-refractivity contribution in [1.82, 2.24) is 4.57 Å². The number of pyridine rings is 1. The molecule has 2 aromatic rings. The quantitative estimate of drug-likeness (QED) is 0.935. The number of aromatic nitrogens is 1. The van der Waals surface area contributed by atoms with Crippen molar-refractivity contribution in [3.63, 3.8) is 0 Å². The molecular formula is C18H21N3O3. The van der Waals surface area contributed by atoms with E-state index < -0.39 is 0 Å². The lowest BCUT2D eigenvalue weighted by atomic mass is 10.2. The summed E-state index contributed by atoms with van der Waals surface area (Å²) in [7, 11) is 1.62. The van der Waals surface area contributed by atoms with Gasteiger partial charge in [0.25, 0.3) is 5.91 Å². The molecule has 1 aromatic heterocycles. The third kappa shape index (κ3) is 3.49. The molecule has 1 aliphatic rings. The Morgan fingerprint density at radius 1 is 1.21 bits per heavy atom. The topological polar surface area (TPSA) is 63.6 Å². The zero-order valence-electron chi connectivity index (χ0n) is 13.9. The zero-order valence-corrected chi connectivity index (χ0v) is 13.9. The Balaban J connectivity index is 1.70. The number of ether oxygens (including phenoxy) is 1. The number of aryl methyl sites for hydroxylation is 1. The maximum atomic E-state index is 12.3. The summed E-state index contributed by atoms with van der Waals surface area (Å²) in [4.78, 5) is 25.9. The lowest BCUT2D eigenvalue weighted by Crippen LogP contribution is -2.43. The number of nitrogens with zero attached hydrogens (tertiary/aromatic N) is 2. The fourth-order valence-corrected chi connectivity index (χ4v) is 2.78. The van der Waals surface area contributed by atoms with Gasteiger partial charge in [0, 0.05) is 43.3 Å². The second-order valence-electron chi connectivity index (χ2n) is 5.99. The minimum absolute atomic E-state index is 0.143. The first-order chi connectivity index (χ1) is 11.5. The number of rotatable bonds is 3. The molecule has 0 aliphatic carbocycles. The van der Waals surface area contributed by atoms with Crippen molar-refractivity contribution in [2.75, 3.05) is 30.0 Å². The highest BCUT2D eigenvalue weighted by atomic mass is 16.5. The molecule has 0 bridgehead atoms. The van der Waals surface area contributed by atoms with Gasteiger partial charge in [0.05, 0.1) is 18.8 Å². The second-order valence-corrected chi connectivity index (χ2v) is 5.99. The first-order valence-electron chi connectivity index (χ1n) is 7.97. The smallest absolute Gasteiger partial charge is 0.257 e. The lowest BCUT2D eigenvalue weighted by Gasteiger charge is -2.35. The Morgan fingerprint density at radius 3 is 2.62 bits per heavy atom. The number of hydrogen-bond acceptors (Lipinski definition) is 4. The van der Waals surface area contributed by atoms with E-state index in [-0.39, 0.29) is 11.5 Å². The fourth-order valence-electron chi connectivity index (χ4n) is 2.78. The zero-order chi connectivity index (χ0) is 17.1. The standard InChI is InChI=1S/C18H21N3O3/c1-13-12-24-10-9-21(13)16-6-4-15(5-7-16)19-18(23)14-3-8-17(22)20(2)11-14/h3-8,11,13H,9-10,12H2,1-2H3,(H,19,23). The predicted molar refractivity (Wildman–Crippen MR) is 93.7 cm³/mol. The van der Waals surface area contributed by atoms with Crippen LogP contribution < -0.4 is 15.8 Å². The summed E-state index contributed by atoms with van der Waals surface area (Å²) in [6.45, 7) is 4.46. The van der Waals surface area contributed by atoms with Gasteiger partial charge < -0.3 is 19.5 Å². The van der Waals surface area contributed by atoms with Gasteiger partial charge in [-0.3, -0.25) is 9.59 Å². The summed E-state index contributed by atoms with van der Waals surface area (Å²) in [5.74, 6) is -0.238. The Kier molecular flexibility index (Phi) is 4.66. The van der Waals surface area contributed by atoms with Crippen LogP contribution in [0.2, 0.25) is 0 Å². The number of hydrogen-bond donors (Lipinski definition) is 1. The third-order valence-electron chi connectivity index (χ3n) is 4.17. The Morgan fingerprint density at radius 2 is 1.96 bits per heavy atom. The number of carbonyl (C=O) groups is 1. The molecule has 6 heteroatoms. The maximum Gasteiger partial charge on any atom is 0.257 e. The maximum absolute atomic E-state index is 12.3. The molecule has 1 N–H and O–H groups in total. The average Bonchev–Trinajstić information content (AvgIpc) is 2.58. The van der Waals surface area contributed by atoms with Crippen LogP contribution in [0.3, 0.4) is 0 Å². The summed E-state index contributed by atoms with van der Waals surface area (Å²) < 4.78 is 6.84. The molecule has 126 valence electrons. The van der Waals surface area contributed by atoms with Gasteiger partial charge in [-0.25, -0.2) is 0 Å². The van der Waals surface area contributed by atoms with Crippen LogP contribution in [0.4, 0.5) is 11.4 Å². The molecule has 1 amide bonds. The van der Waals surface area contributed by atoms with Gasteiger partial charge in [-0.05, 0) is 37.3 Å². The summed E-state index contributed by atoms with van der Waals surface area (Å²) in [6.07, 6.45) is 1.53. The van der Waals surface area contributed by atoms with E-state index in [1.165, 1.54) is 22.9 Å². The molecule has 24 heavy (non-hydrogen) atoms. The van der Waals surface area contributed by atoms with Crippen LogP contribution in [0, 0.1) is 0 Å². The van der Waals surface area contributed by atoms with E-state index >= 15 is 0 Å². The molecule has 0 spiro atoms. The Hall–Kier alpha value is -2.60. The van der Waals surface area contributed by atoms with Crippen molar-refractivity contribution in [1.29, 1.82) is 0 Å². The normalized spacial score (nSPS) is 17.6. The van der Waals surface area contributed by atoms with Crippen molar-refractivity contribution >= 4 is 17.3 Å². The summed E-state index contributed by atoms with van der Waals surface area (Å²) in [5.41, 5.74) is 2.14. The molecule has 6 nitrogen and oxygen atoms in total. The number of anilines is 2. The first kappa shape index (κ1) is 16.3. The van der Waals surface area contributed by atoms with E-state index in [0.29, 0.717) is 11.6 Å². The fraction of sp³-hybridized carbons (Fsp3) is 0.333. The first-order valence-corrected chi connectivity index (χ1v) is 7.97. The minimum Gasteiger partial charge on any atom is -0.377 e. The molecule has 1 aliphatic heterocycles. The number of benzene rings is 1. The summed E-state index contributed by atoms with van der Waals surface area (Å²) in [6, 6.07) is 11.0. The molecule has 3 rings (SSSR count). The Labute approximate surface area is 140 Å². The van der Waals surface area contributed by atoms with Gasteiger partial charge >= 0.3 is 0 Å². The highest BCUT2D eigenvalue weighted by Crippen LogP contribution is 2.22. The molecule has 2 heterocycles. The molecule has 1 atom stereocenters.